The Labute approximate surface area is 484 Å². The summed E-state index contributed by atoms with van der Waals surface area (Å²) in [5, 5.41) is 18.7. The van der Waals surface area contributed by atoms with Crippen LogP contribution in [0.2, 0.25) is 0 Å². The number of para-hydroxylation sites is 5. The van der Waals surface area contributed by atoms with E-state index in [1.54, 1.807) is 4.57 Å². The van der Waals surface area contributed by atoms with Crippen molar-refractivity contribution in [1.82, 2.24) is 18.3 Å². The molecule has 0 aliphatic carbocycles. The summed E-state index contributed by atoms with van der Waals surface area (Å²) in [5.41, 5.74) is 4.42. The zero-order chi connectivity index (χ0) is 64.5. The van der Waals surface area contributed by atoms with Crippen LogP contribution < -0.4 is 0 Å². The Morgan fingerprint density at radius 2 is 1.11 bits per heavy atom. The number of rotatable bonds is 4. The summed E-state index contributed by atoms with van der Waals surface area (Å²) < 4.78 is 128. The maximum absolute atomic E-state index is 13.0. The largest absolute Gasteiger partial charge is 0.454 e. The summed E-state index contributed by atoms with van der Waals surface area (Å²) in [7, 11) is 0. The summed E-state index contributed by atoms with van der Waals surface area (Å²) in [4.78, 5) is 4.70. The summed E-state index contributed by atoms with van der Waals surface area (Å²) in [5.74, 6) is 0. The van der Waals surface area contributed by atoms with E-state index in [1.165, 1.54) is 0 Å². The van der Waals surface area contributed by atoms with E-state index in [9.17, 15) is 21.4 Å². The van der Waals surface area contributed by atoms with Gasteiger partial charge in [0.25, 0.3) is 0 Å². The fourth-order valence-electron chi connectivity index (χ4n) is 12.9. The van der Waals surface area contributed by atoms with Crippen LogP contribution in [0.4, 0.5) is 5.69 Å². The lowest BCUT2D eigenvalue weighted by molar-refractivity contribution is 0.591. The number of fused-ring (bicyclic) bond motifs is 20. The molecule has 0 atom stereocenters. The molecular formula is C73H46N6OS. The van der Waals surface area contributed by atoms with Gasteiger partial charge in [0, 0.05) is 73.4 Å². The Balaban J connectivity index is 1.25. The van der Waals surface area contributed by atoms with E-state index in [-0.39, 0.29) is 81.4 Å². The number of benzene rings is 11. The first kappa shape index (κ1) is 35.2. The lowest BCUT2D eigenvalue weighted by atomic mass is 9.86. The Bertz CT molecular complexity index is 6180. The Hall–Kier alpha value is -10.4. The van der Waals surface area contributed by atoms with Crippen LogP contribution in [0.3, 0.4) is 0 Å². The van der Waals surface area contributed by atoms with Gasteiger partial charge in [-0.2, -0.15) is 5.26 Å². The standard InChI is InChI=1S/C73H46N6OS/c1-41-30-36-60-53(38-41)50-33-35-52-48-23-11-17-29-63(48)81-72(52)68(50)79(60)70-66(76-56-24-12-6-18-43(56)44-19-7-13-25-57(44)76)55(40-74)65(64(75-5)69(70)77-58-26-14-8-20-45(58)46-21-9-15-27-59(46)77)78-61-37-31-42(73(2,3)4)39-54(61)49-32-34-51-47-22-10-16-28-62(47)80-71(51)67(49)78/h6-39H,1-4H3/i1D3,11D,17D,23D,29D,30D,33D,35D,36D,38D. The van der Waals surface area contributed by atoms with Crippen molar-refractivity contribution in [1.29, 1.82) is 5.26 Å². The number of nitrogens with zero attached hydrogens (tertiary/aromatic N) is 6. The minimum atomic E-state index is -3.16. The third-order valence-corrected chi connectivity index (χ3v) is 17.5. The number of hydrogen-bond donors (Lipinski definition) is 0. The molecule has 0 bridgehead atoms. The highest BCUT2D eigenvalue weighted by atomic mass is 32.1. The Morgan fingerprint density at radius 3 is 1.77 bits per heavy atom. The summed E-state index contributed by atoms with van der Waals surface area (Å²) in [6.07, 6.45) is 0. The second-order valence-electron chi connectivity index (χ2n) is 21.6. The first-order valence-electron chi connectivity index (χ1n) is 32.5. The van der Waals surface area contributed by atoms with Crippen molar-refractivity contribution in [2.24, 2.45) is 0 Å². The van der Waals surface area contributed by atoms with Crippen molar-refractivity contribution in [3.05, 3.63) is 234 Å². The molecule has 0 aliphatic rings. The van der Waals surface area contributed by atoms with E-state index >= 15 is 0 Å². The van der Waals surface area contributed by atoms with Crippen LogP contribution in [0.1, 0.15) is 53.9 Å². The number of aromatic nitrogens is 4. The second kappa shape index (κ2) is 16.3. The van der Waals surface area contributed by atoms with Gasteiger partial charge in [-0.25, -0.2) is 4.85 Å². The van der Waals surface area contributed by atoms with Gasteiger partial charge in [0.05, 0.1) is 96.1 Å². The van der Waals surface area contributed by atoms with Crippen molar-refractivity contribution in [2.45, 2.75) is 33.0 Å². The first-order chi connectivity index (χ1) is 44.7. The zero-order valence-corrected chi connectivity index (χ0v) is 44.3. The highest BCUT2D eigenvalue weighted by molar-refractivity contribution is 7.26. The summed E-state index contributed by atoms with van der Waals surface area (Å²) in [6.45, 7) is 13.3. The van der Waals surface area contributed by atoms with Gasteiger partial charge in [-0.15, -0.1) is 11.3 Å². The molecule has 0 saturated heterocycles. The predicted octanol–water partition coefficient (Wildman–Crippen LogP) is 20.4. The molecule has 0 radical (unpaired) electrons. The topological polar surface area (TPSA) is 61.0 Å². The molecule has 8 heteroatoms. The quantitative estimate of drug-likeness (QED) is 0.165. The van der Waals surface area contributed by atoms with Gasteiger partial charge in [0.1, 0.15) is 11.7 Å². The number of thiophene rings is 1. The first-order valence-corrected chi connectivity index (χ1v) is 27.3. The van der Waals surface area contributed by atoms with E-state index in [0.29, 0.717) is 44.3 Å². The van der Waals surface area contributed by atoms with Crippen molar-refractivity contribution in [3.8, 4) is 28.8 Å². The molecule has 11 aromatic carbocycles. The molecule has 0 amide bonds. The van der Waals surface area contributed by atoms with Gasteiger partial charge in [-0.05, 0) is 84.5 Å². The lowest BCUT2D eigenvalue weighted by Crippen LogP contribution is -2.15. The smallest absolute Gasteiger partial charge is 0.237 e. The van der Waals surface area contributed by atoms with Gasteiger partial charge in [-0.1, -0.05) is 166 Å². The average Bonchev–Trinajstić information content (AvgIpc) is 1.53. The molecule has 0 saturated carbocycles. The van der Waals surface area contributed by atoms with E-state index in [4.69, 9.17) is 16.1 Å². The summed E-state index contributed by atoms with van der Waals surface area (Å²) in [6, 6.07) is 46.2. The molecular weight excluding hydrogens is 1010 g/mol. The van der Waals surface area contributed by atoms with Crippen LogP contribution in [0.25, 0.3) is 157 Å². The molecule has 0 unspecified atom stereocenters. The molecule has 6 aromatic heterocycles. The van der Waals surface area contributed by atoms with Gasteiger partial charge < -0.3 is 22.7 Å². The predicted molar refractivity (Wildman–Crippen MR) is 338 cm³/mol. The van der Waals surface area contributed by atoms with Gasteiger partial charge in [0.2, 0.25) is 5.69 Å². The molecule has 0 N–H and O–H groups in total. The summed E-state index contributed by atoms with van der Waals surface area (Å²) >= 11 is 0.905. The van der Waals surface area contributed by atoms with E-state index < -0.39 is 66.8 Å². The molecule has 6 heterocycles. The SMILES string of the molecule is [2H]c1c([2H])c([2H])c2c(sc3c2c([2H])c([2H])c2c4c([2H])c(C([2H])([2H])[2H])c([2H])c([2H])c4n(-c4c(-n5c6ccccc6c6ccccc65)c(C#N)c(-n5c6ccc(C(C)(C)C)cc6c6ccc7c8ccccc8oc7c65)c([N+]#[C-])c4-n4c5ccccc5c5ccccc54)c32)c1[2H]. The molecule has 0 fully saturated rings. The van der Waals surface area contributed by atoms with Crippen molar-refractivity contribution in [2.75, 3.05) is 0 Å². The fourth-order valence-corrected chi connectivity index (χ4v) is 14.1. The third kappa shape index (κ3) is 6.04. The molecule has 17 rings (SSSR count). The second-order valence-corrected chi connectivity index (χ2v) is 22.6. The van der Waals surface area contributed by atoms with Crippen LogP contribution in [0.15, 0.2) is 210 Å². The maximum atomic E-state index is 13.0. The highest BCUT2D eigenvalue weighted by Crippen LogP contribution is 2.54. The molecule has 0 spiro atoms. The van der Waals surface area contributed by atoms with Crippen LogP contribution in [0, 0.1) is 24.8 Å². The van der Waals surface area contributed by atoms with Gasteiger partial charge in [0.15, 0.2) is 5.58 Å². The van der Waals surface area contributed by atoms with E-state index in [1.807, 2.05) is 147 Å². The van der Waals surface area contributed by atoms with E-state index in [2.05, 4.69) is 45.0 Å². The van der Waals surface area contributed by atoms with E-state index in [0.717, 1.165) is 60.0 Å². The zero-order valence-electron chi connectivity index (χ0n) is 55.4. The number of hydrogen-bond acceptors (Lipinski definition) is 3. The monoisotopic (exact) mass is 1070 g/mol. The number of furan rings is 1. The molecule has 380 valence electrons. The minimum Gasteiger partial charge on any atom is -0.454 e. The lowest BCUT2D eigenvalue weighted by Gasteiger charge is -2.27. The highest BCUT2D eigenvalue weighted by Gasteiger charge is 2.36. The van der Waals surface area contributed by atoms with Crippen molar-refractivity contribution in [3.63, 3.8) is 0 Å². The van der Waals surface area contributed by atoms with Crippen LogP contribution in [0.5, 0.6) is 0 Å². The minimum absolute atomic E-state index is 0.00774. The molecule has 0 aliphatic heterocycles. The van der Waals surface area contributed by atoms with Crippen molar-refractivity contribution < 1.29 is 20.9 Å². The molecule has 81 heavy (non-hydrogen) atoms. The molecule has 7 nitrogen and oxygen atoms in total. The van der Waals surface area contributed by atoms with Crippen LogP contribution >= 0.6 is 11.3 Å². The number of nitriles is 1. The van der Waals surface area contributed by atoms with Crippen molar-refractivity contribution >= 4 is 146 Å². The Morgan fingerprint density at radius 1 is 0.519 bits per heavy atom. The fraction of sp³-hybridized carbons (Fsp3) is 0.0685. The molecule has 17 aromatic rings. The van der Waals surface area contributed by atoms with Gasteiger partial charge >= 0.3 is 0 Å². The normalized spacial score (nSPS) is 14.7. The Kier molecular flexibility index (Phi) is 7.10. The average molecular weight is 1070 g/mol. The van der Waals surface area contributed by atoms with Crippen LogP contribution in [-0.2, 0) is 5.41 Å². The van der Waals surface area contributed by atoms with Gasteiger partial charge in [-0.3, -0.25) is 0 Å². The maximum Gasteiger partial charge on any atom is 0.237 e. The third-order valence-electron chi connectivity index (χ3n) is 16.4. The van der Waals surface area contributed by atoms with Crippen LogP contribution in [-0.4, -0.2) is 18.3 Å².